The first kappa shape index (κ1) is 22.4. The van der Waals surface area contributed by atoms with Crippen molar-refractivity contribution in [3.63, 3.8) is 0 Å². The molecule has 2 heterocycles. The molecule has 1 aliphatic rings. The van der Waals surface area contributed by atoms with E-state index in [0.29, 0.717) is 24.7 Å². The number of amides is 1. The molecule has 0 aliphatic heterocycles. The summed E-state index contributed by atoms with van der Waals surface area (Å²) < 4.78 is 4.23. The normalized spacial score (nSPS) is 14.2. The smallest absolute Gasteiger partial charge is 0.253 e. The van der Waals surface area contributed by atoms with Gasteiger partial charge in [0.25, 0.3) is 5.91 Å². The summed E-state index contributed by atoms with van der Waals surface area (Å²) in [4.78, 5) is 14.5. The summed E-state index contributed by atoms with van der Waals surface area (Å²) in [5, 5.41) is 10.9. The van der Waals surface area contributed by atoms with Crippen LogP contribution in [0.5, 0.6) is 0 Å². The van der Waals surface area contributed by atoms with Crippen molar-refractivity contribution in [3.05, 3.63) is 66.0 Å². The van der Waals surface area contributed by atoms with Crippen molar-refractivity contribution >= 4 is 16.8 Å². The molecule has 0 bridgehead atoms. The number of aromatic nitrogens is 4. The standard InChI is InChI=1S/C28H33N5O/c1-4-25-24-16-13-21(19-27(24)33(30-25)22-9-7-8-10-22)26-17-18-29-32(26)23-14-11-20(12-15-23)28(34)31(5-2)6-3/h11-19,22H,4-10H2,1-3H3. The average Bonchev–Trinajstić information content (AvgIpc) is 3.64. The van der Waals surface area contributed by atoms with E-state index in [1.807, 2.05) is 60.0 Å². The van der Waals surface area contributed by atoms with E-state index in [1.54, 1.807) is 0 Å². The van der Waals surface area contributed by atoms with Gasteiger partial charge < -0.3 is 4.90 Å². The van der Waals surface area contributed by atoms with Crippen molar-refractivity contribution in [2.45, 2.75) is 58.9 Å². The van der Waals surface area contributed by atoms with Crippen molar-refractivity contribution in [2.24, 2.45) is 0 Å². The summed E-state index contributed by atoms with van der Waals surface area (Å²) in [6.07, 6.45) is 7.76. The number of benzene rings is 2. The van der Waals surface area contributed by atoms with Crippen LogP contribution in [0, 0.1) is 0 Å². The molecule has 4 aromatic rings. The number of rotatable bonds is 7. The number of fused-ring (bicyclic) bond motifs is 1. The average molecular weight is 456 g/mol. The molecule has 1 amide bonds. The van der Waals surface area contributed by atoms with E-state index in [-0.39, 0.29) is 5.91 Å². The molecule has 0 unspecified atom stereocenters. The first-order chi connectivity index (χ1) is 16.6. The van der Waals surface area contributed by atoms with Gasteiger partial charge in [0.2, 0.25) is 0 Å². The van der Waals surface area contributed by atoms with E-state index in [9.17, 15) is 4.79 Å². The zero-order valence-electron chi connectivity index (χ0n) is 20.4. The molecular weight excluding hydrogens is 422 g/mol. The van der Waals surface area contributed by atoms with E-state index >= 15 is 0 Å². The fraction of sp³-hybridized carbons (Fsp3) is 0.393. The van der Waals surface area contributed by atoms with Gasteiger partial charge in [-0.25, -0.2) is 4.68 Å². The number of aryl methyl sites for hydroxylation is 1. The molecule has 176 valence electrons. The third kappa shape index (κ3) is 3.91. The molecule has 0 radical (unpaired) electrons. The SMILES string of the molecule is CCc1nn(C2CCCC2)c2cc(-c3ccnn3-c3ccc(C(=O)N(CC)CC)cc3)ccc12. The van der Waals surface area contributed by atoms with Crippen molar-refractivity contribution in [1.82, 2.24) is 24.5 Å². The summed E-state index contributed by atoms with van der Waals surface area (Å²) >= 11 is 0. The molecule has 0 atom stereocenters. The maximum absolute atomic E-state index is 12.7. The Bertz CT molecular complexity index is 1290. The Hall–Kier alpha value is -3.41. The van der Waals surface area contributed by atoms with Gasteiger partial charge in [-0.05, 0) is 69.5 Å². The van der Waals surface area contributed by atoms with Crippen molar-refractivity contribution in [1.29, 1.82) is 0 Å². The van der Waals surface area contributed by atoms with E-state index in [2.05, 4.69) is 34.9 Å². The molecule has 1 aliphatic carbocycles. The maximum atomic E-state index is 12.7. The third-order valence-electron chi connectivity index (χ3n) is 7.14. The van der Waals surface area contributed by atoms with E-state index < -0.39 is 0 Å². The highest BCUT2D eigenvalue weighted by Gasteiger charge is 2.22. The Balaban J connectivity index is 1.51. The van der Waals surface area contributed by atoms with Crippen LogP contribution in [0.2, 0.25) is 0 Å². The van der Waals surface area contributed by atoms with Crippen LogP contribution in [-0.2, 0) is 6.42 Å². The van der Waals surface area contributed by atoms with E-state index in [1.165, 1.54) is 42.3 Å². The van der Waals surface area contributed by atoms with Crippen molar-refractivity contribution < 1.29 is 4.79 Å². The zero-order valence-corrected chi connectivity index (χ0v) is 20.4. The van der Waals surface area contributed by atoms with Gasteiger partial charge in [-0.1, -0.05) is 31.9 Å². The number of hydrogen-bond donors (Lipinski definition) is 0. The van der Waals surface area contributed by atoms with Gasteiger partial charge in [-0.2, -0.15) is 10.2 Å². The molecule has 0 saturated heterocycles. The lowest BCUT2D eigenvalue weighted by molar-refractivity contribution is 0.0773. The van der Waals surface area contributed by atoms with Crippen molar-refractivity contribution in [3.8, 4) is 16.9 Å². The van der Waals surface area contributed by atoms with Gasteiger partial charge in [0.05, 0.1) is 34.8 Å². The monoisotopic (exact) mass is 455 g/mol. The largest absolute Gasteiger partial charge is 0.339 e. The van der Waals surface area contributed by atoms with Gasteiger partial charge >= 0.3 is 0 Å². The predicted molar refractivity (Wildman–Crippen MR) is 136 cm³/mol. The molecule has 2 aromatic carbocycles. The van der Waals surface area contributed by atoms with E-state index in [4.69, 9.17) is 5.10 Å². The highest BCUT2D eigenvalue weighted by atomic mass is 16.2. The lowest BCUT2D eigenvalue weighted by Gasteiger charge is -2.18. The number of nitrogens with zero attached hydrogens (tertiary/aromatic N) is 5. The Morgan fingerprint density at radius 3 is 2.41 bits per heavy atom. The number of carbonyl (C=O) groups excluding carboxylic acids is 1. The van der Waals surface area contributed by atoms with Crippen LogP contribution in [0.15, 0.2) is 54.7 Å². The minimum Gasteiger partial charge on any atom is -0.339 e. The molecule has 0 N–H and O–H groups in total. The van der Waals surface area contributed by atoms with Crippen molar-refractivity contribution in [2.75, 3.05) is 13.1 Å². The summed E-state index contributed by atoms with van der Waals surface area (Å²) in [5.41, 5.74) is 6.19. The Morgan fingerprint density at radius 2 is 1.74 bits per heavy atom. The second-order valence-electron chi connectivity index (χ2n) is 9.07. The van der Waals surface area contributed by atoms with Crippen LogP contribution in [0.1, 0.15) is 68.5 Å². The number of carbonyl (C=O) groups is 1. The first-order valence-corrected chi connectivity index (χ1v) is 12.6. The second-order valence-corrected chi connectivity index (χ2v) is 9.07. The topological polar surface area (TPSA) is 56.0 Å². The minimum absolute atomic E-state index is 0.0644. The minimum atomic E-state index is 0.0644. The molecular formula is C28H33N5O. The lowest BCUT2D eigenvalue weighted by Crippen LogP contribution is -2.30. The zero-order chi connectivity index (χ0) is 23.7. The van der Waals surface area contributed by atoms with Crippen LogP contribution >= 0.6 is 0 Å². The molecule has 1 saturated carbocycles. The predicted octanol–water partition coefficient (Wildman–Crippen LogP) is 6.05. The van der Waals surface area contributed by atoms with Crippen LogP contribution in [-0.4, -0.2) is 43.5 Å². The van der Waals surface area contributed by atoms with Gasteiger partial charge in [0, 0.05) is 29.6 Å². The lowest BCUT2D eigenvalue weighted by atomic mass is 10.1. The third-order valence-corrected chi connectivity index (χ3v) is 7.14. The second kappa shape index (κ2) is 9.45. The molecule has 34 heavy (non-hydrogen) atoms. The van der Waals surface area contributed by atoms with Crippen LogP contribution in [0.4, 0.5) is 0 Å². The molecule has 5 rings (SSSR count). The number of hydrogen-bond acceptors (Lipinski definition) is 3. The first-order valence-electron chi connectivity index (χ1n) is 12.6. The fourth-order valence-corrected chi connectivity index (χ4v) is 5.22. The van der Waals surface area contributed by atoms with Crippen LogP contribution < -0.4 is 0 Å². The van der Waals surface area contributed by atoms with E-state index in [0.717, 1.165) is 23.4 Å². The summed E-state index contributed by atoms with van der Waals surface area (Å²) in [7, 11) is 0. The molecule has 6 nitrogen and oxygen atoms in total. The Morgan fingerprint density at radius 1 is 1.00 bits per heavy atom. The molecule has 1 fully saturated rings. The van der Waals surface area contributed by atoms with Gasteiger partial charge in [0.15, 0.2) is 0 Å². The van der Waals surface area contributed by atoms with Crippen LogP contribution in [0.25, 0.3) is 27.8 Å². The Kier molecular flexibility index (Phi) is 6.22. The van der Waals surface area contributed by atoms with Crippen LogP contribution in [0.3, 0.4) is 0 Å². The molecule has 0 spiro atoms. The summed E-state index contributed by atoms with van der Waals surface area (Å²) in [6.45, 7) is 7.61. The fourth-order valence-electron chi connectivity index (χ4n) is 5.22. The quantitative estimate of drug-likeness (QED) is 0.341. The molecule has 2 aromatic heterocycles. The van der Waals surface area contributed by atoms with Gasteiger partial charge in [0.1, 0.15) is 0 Å². The summed E-state index contributed by atoms with van der Waals surface area (Å²) in [6, 6.07) is 16.9. The summed E-state index contributed by atoms with van der Waals surface area (Å²) in [5.74, 6) is 0.0644. The highest BCUT2D eigenvalue weighted by Crippen LogP contribution is 2.35. The maximum Gasteiger partial charge on any atom is 0.253 e. The van der Waals surface area contributed by atoms with Gasteiger partial charge in [-0.15, -0.1) is 0 Å². The highest BCUT2D eigenvalue weighted by molar-refractivity contribution is 5.94. The molecule has 6 heteroatoms. The Labute approximate surface area is 201 Å². The van der Waals surface area contributed by atoms with Gasteiger partial charge in [-0.3, -0.25) is 9.48 Å².